The highest BCUT2D eigenvalue weighted by atomic mass is 35.5. The Kier molecular flexibility index (Phi) is 6.27. The van der Waals surface area contributed by atoms with Crippen molar-refractivity contribution in [2.45, 2.75) is 51.4 Å². The molecule has 1 saturated carbocycles. The highest BCUT2D eigenvalue weighted by molar-refractivity contribution is 6.30. The SMILES string of the molecule is CCc1nc(C2CC2)nc(OCCCc2ccc(Cl)cc2)c1CCN. The van der Waals surface area contributed by atoms with E-state index in [1.807, 2.05) is 12.1 Å². The fourth-order valence-corrected chi connectivity index (χ4v) is 3.08. The number of hydrogen-bond donors (Lipinski definition) is 1. The summed E-state index contributed by atoms with van der Waals surface area (Å²) in [7, 11) is 0. The van der Waals surface area contributed by atoms with E-state index in [1.54, 1.807) is 0 Å². The van der Waals surface area contributed by atoms with Crippen LogP contribution in [0.3, 0.4) is 0 Å². The van der Waals surface area contributed by atoms with Crippen LogP contribution in [0.15, 0.2) is 24.3 Å². The van der Waals surface area contributed by atoms with Gasteiger partial charge in [0.1, 0.15) is 5.82 Å². The van der Waals surface area contributed by atoms with E-state index in [0.717, 1.165) is 53.7 Å². The summed E-state index contributed by atoms with van der Waals surface area (Å²) < 4.78 is 6.06. The number of ether oxygens (including phenoxy) is 1. The van der Waals surface area contributed by atoms with E-state index in [9.17, 15) is 0 Å². The molecule has 0 saturated heterocycles. The molecule has 2 N–H and O–H groups in total. The summed E-state index contributed by atoms with van der Waals surface area (Å²) in [6.45, 7) is 3.36. The molecule has 0 spiro atoms. The highest BCUT2D eigenvalue weighted by Gasteiger charge is 2.28. The van der Waals surface area contributed by atoms with E-state index in [1.165, 1.54) is 18.4 Å². The maximum Gasteiger partial charge on any atom is 0.220 e. The fourth-order valence-electron chi connectivity index (χ4n) is 2.95. The highest BCUT2D eigenvalue weighted by Crippen LogP contribution is 2.39. The molecule has 1 aromatic heterocycles. The van der Waals surface area contributed by atoms with E-state index in [0.29, 0.717) is 19.1 Å². The zero-order valence-electron chi connectivity index (χ0n) is 14.8. The van der Waals surface area contributed by atoms with Crippen molar-refractivity contribution in [1.29, 1.82) is 0 Å². The van der Waals surface area contributed by atoms with Crippen LogP contribution in [0.4, 0.5) is 0 Å². The van der Waals surface area contributed by atoms with Gasteiger partial charge in [0.15, 0.2) is 0 Å². The van der Waals surface area contributed by atoms with Crippen LogP contribution in [0.1, 0.15) is 54.7 Å². The van der Waals surface area contributed by atoms with Crippen molar-refractivity contribution in [1.82, 2.24) is 9.97 Å². The van der Waals surface area contributed by atoms with Gasteiger partial charge in [-0.15, -0.1) is 0 Å². The monoisotopic (exact) mass is 359 g/mol. The van der Waals surface area contributed by atoms with Crippen LogP contribution in [0.25, 0.3) is 0 Å². The Labute approximate surface area is 154 Å². The molecule has 1 fully saturated rings. The lowest BCUT2D eigenvalue weighted by atomic mass is 10.1. The fraction of sp³-hybridized carbons (Fsp3) is 0.500. The Morgan fingerprint density at radius 2 is 1.92 bits per heavy atom. The average Bonchev–Trinajstić information content (AvgIpc) is 3.46. The molecule has 1 heterocycles. The van der Waals surface area contributed by atoms with Crippen LogP contribution >= 0.6 is 11.6 Å². The molecule has 4 nitrogen and oxygen atoms in total. The van der Waals surface area contributed by atoms with Gasteiger partial charge in [0, 0.05) is 16.5 Å². The number of rotatable bonds is 9. The lowest BCUT2D eigenvalue weighted by Crippen LogP contribution is -2.13. The first-order valence-corrected chi connectivity index (χ1v) is 9.56. The number of nitrogens with two attached hydrogens (primary N) is 1. The molecule has 0 bridgehead atoms. The van der Waals surface area contributed by atoms with Gasteiger partial charge in [-0.05, 0) is 62.8 Å². The molecule has 0 unspecified atom stereocenters. The first-order chi connectivity index (χ1) is 12.2. The van der Waals surface area contributed by atoms with Crippen LogP contribution in [0, 0.1) is 0 Å². The van der Waals surface area contributed by atoms with Gasteiger partial charge >= 0.3 is 0 Å². The average molecular weight is 360 g/mol. The second kappa shape index (κ2) is 8.63. The summed E-state index contributed by atoms with van der Waals surface area (Å²) in [5.74, 6) is 2.22. The van der Waals surface area contributed by atoms with Gasteiger partial charge in [-0.2, -0.15) is 4.98 Å². The predicted molar refractivity (Wildman–Crippen MR) is 101 cm³/mol. The predicted octanol–water partition coefficient (Wildman–Crippen LogP) is 4.08. The molecule has 25 heavy (non-hydrogen) atoms. The number of aryl methyl sites for hydroxylation is 2. The lowest BCUT2D eigenvalue weighted by molar-refractivity contribution is 0.293. The van der Waals surface area contributed by atoms with Crippen molar-refractivity contribution in [3.8, 4) is 5.88 Å². The quantitative estimate of drug-likeness (QED) is 0.685. The topological polar surface area (TPSA) is 61.0 Å². The van der Waals surface area contributed by atoms with Crippen molar-refractivity contribution in [3.05, 3.63) is 51.9 Å². The number of aromatic nitrogens is 2. The van der Waals surface area contributed by atoms with E-state index >= 15 is 0 Å². The van der Waals surface area contributed by atoms with E-state index in [4.69, 9.17) is 32.0 Å². The van der Waals surface area contributed by atoms with Crippen molar-refractivity contribution < 1.29 is 4.74 Å². The third kappa shape index (κ3) is 4.93. The molecule has 0 amide bonds. The van der Waals surface area contributed by atoms with Crippen molar-refractivity contribution in [3.63, 3.8) is 0 Å². The maximum absolute atomic E-state index is 6.06. The van der Waals surface area contributed by atoms with Crippen LogP contribution in [-0.2, 0) is 19.3 Å². The Balaban J connectivity index is 1.65. The summed E-state index contributed by atoms with van der Waals surface area (Å²) in [6, 6.07) is 7.98. The van der Waals surface area contributed by atoms with Gasteiger partial charge < -0.3 is 10.5 Å². The summed E-state index contributed by atoms with van der Waals surface area (Å²) in [5, 5.41) is 0.770. The summed E-state index contributed by atoms with van der Waals surface area (Å²) in [5.41, 5.74) is 9.23. The first-order valence-electron chi connectivity index (χ1n) is 9.18. The minimum atomic E-state index is 0.522. The van der Waals surface area contributed by atoms with Crippen molar-refractivity contribution in [2.75, 3.05) is 13.2 Å². The van der Waals surface area contributed by atoms with Gasteiger partial charge in [0.05, 0.1) is 12.3 Å². The van der Waals surface area contributed by atoms with E-state index in [-0.39, 0.29) is 0 Å². The molecule has 2 aromatic rings. The first kappa shape index (κ1) is 18.2. The van der Waals surface area contributed by atoms with Gasteiger partial charge in [0.2, 0.25) is 5.88 Å². The summed E-state index contributed by atoms with van der Waals surface area (Å²) >= 11 is 5.92. The Morgan fingerprint density at radius 1 is 1.16 bits per heavy atom. The third-order valence-electron chi connectivity index (χ3n) is 4.51. The molecule has 1 aliphatic rings. The van der Waals surface area contributed by atoms with Crippen molar-refractivity contribution >= 4 is 11.6 Å². The number of hydrogen-bond acceptors (Lipinski definition) is 4. The second-order valence-corrected chi connectivity index (χ2v) is 6.99. The summed E-state index contributed by atoms with van der Waals surface area (Å²) in [6.07, 6.45) is 5.93. The minimum absolute atomic E-state index is 0.522. The molecule has 1 aliphatic carbocycles. The van der Waals surface area contributed by atoms with Crippen LogP contribution in [0.5, 0.6) is 5.88 Å². The third-order valence-corrected chi connectivity index (χ3v) is 4.76. The molecule has 0 atom stereocenters. The van der Waals surface area contributed by atoms with Crippen LogP contribution in [-0.4, -0.2) is 23.1 Å². The molecular formula is C20H26ClN3O. The lowest BCUT2D eigenvalue weighted by Gasteiger charge is -2.15. The van der Waals surface area contributed by atoms with Gasteiger partial charge in [-0.25, -0.2) is 4.98 Å². The van der Waals surface area contributed by atoms with Crippen LogP contribution in [0.2, 0.25) is 5.02 Å². The zero-order chi connectivity index (χ0) is 17.6. The largest absolute Gasteiger partial charge is 0.477 e. The summed E-state index contributed by atoms with van der Waals surface area (Å²) in [4.78, 5) is 9.47. The minimum Gasteiger partial charge on any atom is -0.477 e. The number of halogens is 1. The Hall–Kier alpha value is -1.65. The molecule has 1 aromatic carbocycles. The van der Waals surface area contributed by atoms with E-state index < -0.39 is 0 Å². The molecule has 5 heteroatoms. The van der Waals surface area contributed by atoms with E-state index in [2.05, 4.69) is 19.1 Å². The van der Waals surface area contributed by atoms with Crippen LogP contribution < -0.4 is 10.5 Å². The Bertz CT molecular complexity index is 699. The number of nitrogens with zero attached hydrogens (tertiary/aromatic N) is 2. The smallest absolute Gasteiger partial charge is 0.220 e. The van der Waals surface area contributed by atoms with Gasteiger partial charge in [-0.3, -0.25) is 0 Å². The van der Waals surface area contributed by atoms with Gasteiger partial charge in [-0.1, -0.05) is 30.7 Å². The second-order valence-electron chi connectivity index (χ2n) is 6.56. The van der Waals surface area contributed by atoms with Crippen molar-refractivity contribution in [2.24, 2.45) is 5.73 Å². The Morgan fingerprint density at radius 3 is 2.56 bits per heavy atom. The maximum atomic E-state index is 6.06. The molecule has 0 radical (unpaired) electrons. The normalized spacial score (nSPS) is 13.9. The molecular weight excluding hydrogens is 334 g/mol. The molecule has 3 rings (SSSR count). The van der Waals surface area contributed by atoms with Gasteiger partial charge in [0.25, 0.3) is 0 Å². The molecule has 134 valence electrons. The zero-order valence-corrected chi connectivity index (χ0v) is 15.6. The molecule has 0 aliphatic heterocycles. The number of benzene rings is 1. The standard InChI is InChI=1S/C20H26ClN3O/c1-2-18-17(11-12-22)20(24-19(23-18)15-7-8-15)25-13-3-4-14-5-9-16(21)10-6-14/h5-6,9-10,15H,2-4,7-8,11-13,22H2,1H3.